The number of terminal acetylenes is 1. The van der Waals surface area contributed by atoms with Gasteiger partial charge in [-0.25, -0.2) is 0 Å². The number of carbonyl (C=O) groups is 2. The summed E-state index contributed by atoms with van der Waals surface area (Å²) in [4.78, 5) is 20.9. The van der Waals surface area contributed by atoms with Gasteiger partial charge in [-0.1, -0.05) is 12.8 Å². The Morgan fingerprint density at radius 2 is 1.71 bits per heavy atom. The fourth-order valence-corrected chi connectivity index (χ4v) is 1.10. The molecule has 0 aliphatic rings. The maximum absolute atomic E-state index is 10.4. The first kappa shape index (κ1) is 12.5. The third-order valence-electron chi connectivity index (χ3n) is 1.91. The van der Waals surface area contributed by atoms with Gasteiger partial charge in [-0.05, 0) is 12.8 Å². The van der Waals surface area contributed by atoms with Crippen LogP contribution in [0, 0.1) is 18.3 Å². The van der Waals surface area contributed by atoms with Gasteiger partial charge in [-0.3, -0.25) is 9.59 Å². The van der Waals surface area contributed by atoms with Crippen molar-refractivity contribution in [2.75, 3.05) is 0 Å². The Labute approximate surface area is 82.9 Å². The van der Waals surface area contributed by atoms with Crippen molar-refractivity contribution < 1.29 is 19.8 Å². The average Bonchev–Trinajstić information content (AvgIpc) is 2.09. The van der Waals surface area contributed by atoms with Crippen molar-refractivity contribution in [3.8, 4) is 12.3 Å². The highest BCUT2D eigenvalue weighted by molar-refractivity contribution is 5.92. The van der Waals surface area contributed by atoms with Crippen LogP contribution in [0.2, 0.25) is 0 Å². The summed E-state index contributed by atoms with van der Waals surface area (Å²) in [7, 11) is 0. The molecule has 2 N–H and O–H groups in total. The first-order valence-corrected chi connectivity index (χ1v) is 4.48. The largest absolute Gasteiger partial charge is 0.481 e. The van der Waals surface area contributed by atoms with E-state index >= 15 is 0 Å². The summed E-state index contributed by atoms with van der Waals surface area (Å²) in [5, 5.41) is 17.1. The van der Waals surface area contributed by atoms with Gasteiger partial charge in [0.05, 0.1) is 0 Å². The van der Waals surface area contributed by atoms with Crippen molar-refractivity contribution in [2.24, 2.45) is 5.92 Å². The van der Waals surface area contributed by atoms with Crippen molar-refractivity contribution in [1.29, 1.82) is 0 Å². The molecule has 0 bridgehead atoms. The molecule has 78 valence electrons. The Bertz CT molecular complexity index is 225. The summed E-state index contributed by atoms with van der Waals surface area (Å²) in [6, 6.07) is 0. The second-order valence-corrected chi connectivity index (χ2v) is 3.03. The fourth-order valence-electron chi connectivity index (χ4n) is 1.10. The Morgan fingerprint density at radius 3 is 2.14 bits per heavy atom. The van der Waals surface area contributed by atoms with Crippen LogP contribution in [0.15, 0.2) is 0 Å². The van der Waals surface area contributed by atoms with E-state index < -0.39 is 17.9 Å². The van der Waals surface area contributed by atoms with Gasteiger partial charge in [0.25, 0.3) is 0 Å². The minimum atomic E-state index is -1.28. The second-order valence-electron chi connectivity index (χ2n) is 3.03. The zero-order chi connectivity index (χ0) is 11.0. The van der Waals surface area contributed by atoms with E-state index in [-0.39, 0.29) is 6.42 Å². The van der Waals surface area contributed by atoms with Crippen molar-refractivity contribution in [3.05, 3.63) is 0 Å². The highest BCUT2D eigenvalue weighted by atomic mass is 16.4. The molecule has 14 heavy (non-hydrogen) atoms. The summed E-state index contributed by atoms with van der Waals surface area (Å²) < 4.78 is 0. The molecule has 0 fully saturated rings. The number of carboxylic acid groups (broad SMARTS) is 2. The number of hydrogen-bond acceptors (Lipinski definition) is 2. The Morgan fingerprint density at radius 1 is 1.14 bits per heavy atom. The highest BCUT2D eigenvalue weighted by Crippen LogP contribution is 2.11. The predicted octanol–water partition coefficient (Wildman–Crippen LogP) is 1.36. The summed E-state index contributed by atoms with van der Waals surface area (Å²) >= 11 is 0. The first-order valence-electron chi connectivity index (χ1n) is 4.48. The summed E-state index contributed by atoms with van der Waals surface area (Å²) in [5.41, 5.74) is 0. The standard InChI is InChI=1S/C10H14O4/c1-2-3-4-5-6-7-8(9(11)12)10(13)14/h1,8H,3-7H2,(H,11,12)(H,13,14). The topological polar surface area (TPSA) is 74.6 Å². The number of unbranched alkanes of at least 4 members (excludes halogenated alkanes) is 3. The van der Waals surface area contributed by atoms with Crippen LogP contribution in [-0.4, -0.2) is 22.2 Å². The lowest BCUT2D eigenvalue weighted by molar-refractivity contribution is -0.154. The van der Waals surface area contributed by atoms with E-state index in [0.717, 1.165) is 12.8 Å². The van der Waals surface area contributed by atoms with Gasteiger partial charge in [0, 0.05) is 6.42 Å². The monoisotopic (exact) mass is 198 g/mol. The molecular weight excluding hydrogens is 184 g/mol. The van der Waals surface area contributed by atoms with Crippen LogP contribution in [0.25, 0.3) is 0 Å². The molecule has 0 saturated carbocycles. The molecule has 0 rings (SSSR count). The molecule has 0 saturated heterocycles. The van der Waals surface area contributed by atoms with Crippen LogP contribution in [-0.2, 0) is 9.59 Å². The highest BCUT2D eigenvalue weighted by Gasteiger charge is 2.24. The lowest BCUT2D eigenvalue weighted by Crippen LogP contribution is -2.23. The zero-order valence-electron chi connectivity index (χ0n) is 7.90. The van der Waals surface area contributed by atoms with E-state index in [9.17, 15) is 9.59 Å². The van der Waals surface area contributed by atoms with Crippen LogP contribution in [0.4, 0.5) is 0 Å². The Kier molecular flexibility index (Phi) is 6.21. The van der Waals surface area contributed by atoms with Crippen LogP contribution in [0.5, 0.6) is 0 Å². The normalized spacial score (nSPS) is 9.71. The molecule has 0 aliphatic carbocycles. The molecule has 0 atom stereocenters. The molecule has 0 aromatic carbocycles. The molecule has 4 nitrogen and oxygen atoms in total. The van der Waals surface area contributed by atoms with Gasteiger partial charge in [-0.15, -0.1) is 12.3 Å². The Hall–Kier alpha value is -1.50. The summed E-state index contributed by atoms with van der Waals surface area (Å²) in [6.45, 7) is 0. The van der Waals surface area contributed by atoms with Gasteiger partial charge in [0.15, 0.2) is 5.92 Å². The van der Waals surface area contributed by atoms with E-state index in [2.05, 4.69) is 5.92 Å². The minimum Gasteiger partial charge on any atom is -0.481 e. The third-order valence-corrected chi connectivity index (χ3v) is 1.91. The second kappa shape index (κ2) is 6.96. The average molecular weight is 198 g/mol. The van der Waals surface area contributed by atoms with Gasteiger partial charge in [-0.2, -0.15) is 0 Å². The van der Waals surface area contributed by atoms with Crippen LogP contribution in [0.1, 0.15) is 32.1 Å². The SMILES string of the molecule is C#CCCCCCC(C(=O)O)C(=O)O. The third kappa shape index (κ3) is 5.20. The van der Waals surface area contributed by atoms with E-state index in [0.29, 0.717) is 12.8 Å². The van der Waals surface area contributed by atoms with Crippen LogP contribution in [0.3, 0.4) is 0 Å². The predicted molar refractivity (Wildman–Crippen MR) is 50.7 cm³/mol. The number of aliphatic carboxylic acids is 2. The van der Waals surface area contributed by atoms with Gasteiger partial charge in [0.2, 0.25) is 0 Å². The zero-order valence-corrected chi connectivity index (χ0v) is 7.90. The molecule has 0 heterocycles. The smallest absolute Gasteiger partial charge is 0.317 e. The molecule has 4 heteroatoms. The lowest BCUT2D eigenvalue weighted by atomic mass is 10.0. The lowest BCUT2D eigenvalue weighted by Gasteiger charge is -2.05. The van der Waals surface area contributed by atoms with E-state index in [1.165, 1.54) is 0 Å². The number of carboxylic acids is 2. The molecule has 0 spiro atoms. The van der Waals surface area contributed by atoms with E-state index in [1.807, 2.05) is 0 Å². The molecule has 0 aromatic heterocycles. The first-order chi connectivity index (χ1) is 6.59. The quantitative estimate of drug-likeness (QED) is 0.368. The van der Waals surface area contributed by atoms with Crippen LogP contribution >= 0.6 is 0 Å². The van der Waals surface area contributed by atoms with Crippen molar-refractivity contribution in [3.63, 3.8) is 0 Å². The van der Waals surface area contributed by atoms with Gasteiger partial charge >= 0.3 is 11.9 Å². The number of rotatable bonds is 7. The van der Waals surface area contributed by atoms with Crippen molar-refractivity contribution in [1.82, 2.24) is 0 Å². The maximum Gasteiger partial charge on any atom is 0.317 e. The molecule has 0 aromatic rings. The van der Waals surface area contributed by atoms with Gasteiger partial charge in [0.1, 0.15) is 0 Å². The van der Waals surface area contributed by atoms with Gasteiger partial charge < -0.3 is 10.2 Å². The summed E-state index contributed by atoms with van der Waals surface area (Å²) in [5.74, 6) is -1.35. The Balaban J connectivity index is 3.69. The molecular formula is C10H14O4. The fraction of sp³-hybridized carbons (Fsp3) is 0.600. The molecule has 0 aliphatic heterocycles. The molecule has 0 amide bonds. The number of hydrogen-bond donors (Lipinski definition) is 2. The van der Waals surface area contributed by atoms with E-state index in [1.54, 1.807) is 0 Å². The van der Waals surface area contributed by atoms with Crippen molar-refractivity contribution in [2.45, 2.75) is 32.1 Å². The minimum absolute atomic E-state index is 0.176. The summed E-state index contributed by atoms with van der Waals surface area (Å²) in [6.07, 6.45) is 8.05. The molecule has 0 radical (unpaired) electrons. The van der Waals surface area contributed by atoms with E-state index in [4.69, 9.17) is 16.6 Å². The van der Waals surface area contributed by atoms with Crippen molar-refractivity contribution >= 4 is 11.9 Å². The van der Waals surface area contributed by atoms with Crippen LogP contribution < -0.4 is 0 Å². The molecule has 0 unspecified atom stereocenters. The maximum atomic E-state index is 10.4.